The zero-order valence-electron chi connectivity index (χ0n) is 13.5. The zero-order valence-corrected chi connectivity index (χ0v) is 16.0. The molecule has 8 heteroatoms. The fourth-order valence-corrected chi connectivity index (χ4v) is 3.12. The molecule has 0 radical (unpaired) electrons. The van der Waals surface area contributed by atoms with E-state index in [4.69, 9.17) is 4.74 Å². The Hall–Kier alpha value is -2.32. The molecule has 0 unspecified atom stereocenters. The lowest BCUT2D eigenvalue weighted by Crippen LogP contribution is -1.97. The molecule has 1 heterocycles. The first kappa shape index (κ1) is 17.5. The molecule has 0 saturated heterocycles. The van der Waals surface area contributed by atoms with E-state index in [0.717, 1.165) is 10.0 Å². The summed E-state index contributed by atoms with van der Waals surface area (Å²) in [5, 5.41) is 23.8. The van der Waals surface area contributed by atoms with Gasteiger partial charge in [0.05, 0.1) is 13.3 Å². The Balaban J connectivity index is 2.05. The molecule has 3 aromatic rings. The molecule has 0 bridgehead atoms. The van der Waals surface area contributed by atoms with Crippen LogP contribution in [0.1, 0.15) is 5.56 Å². The van der Waals surface area contributed by atoms with Crippen LogP contribution < -0.4 is 4.74 Å². The van der Waals surface area contributed by atoms with Gasteiger partial charge < -0.3 is 9.84 Å². The molecular formula is C17H15BrN4O2S. The van der Waals surface area contributed by atoms with E-state index in [1.807, 2.05) is 36.6 Å². The first-order chi connectivity index (χ1) is 12.1. The van der Waals surface area contributed by atoms with E-state index in [1.54, 1.807) is 23.0 Å². The van der Waals surface area contributed by atoms with Gasteiger partial charge in [-0.25, -0.2) is 0 Å². The van der Waals surface area contributed by atoms with Crippen LogP contribution in [0.2, 0.25) is 0 Å². The minimum Gasteiger partial charge on any atom is -0.504 e. The second kappa shape index (κ2) is 7.71. The Labute approximate surface area is 157 Å². The summed E-state index contributed by atoms with van der Waals surface area (Å²) in [6.45, 7) is 0. The normalized spacial score (nSPS) is 11.2. The monoisotopic (exact) mass is 418 g/mol. The number of aromatic nitrogens is 3. The van der Waals surface area contributed by atoms with Crippen LogP contribution in [0.25, 0.3) is 11.4 Å². The van der Waals surface area contributed by atoms with Gasteiger partial charge in [0.2, 0.25) is 5.16 Å². The second-order valence-electron chi connectivity index (χ2n) is 4.98. The van der Waals surface area contributed by atoms with E-state index in [2.05, 4.69) is 31.2 Å². The average molecular weight is 419 g/mol. The molecule has 25 heavy (non-hydrogen) atoms. The molecular weight excluding hydrogens is 404 g/mol. The van der Waals surface area contributed by atoms with Gasteiger partial charge in [0, 0.05) is 15.6 Å². The standard InChI is InChI=1S/C17H15BrN4O2S/c1-24-14-9-13(18)8-12(15(14)23)10-19-22-16(20-21-17(22)25-2)11-6-4-3-5-7-11/h3-10,23H,1-2H3/b19-10+. The first-order valence-electron chi connectivity index (χ1n) is 7.29. The van der Waals surface area contributed by atoms with Crippen molar-refractivity contribution in [3.05, 3.63) is 52.5 Å². The number of halogens is 1. The number of rotatable bonds is 5. The van der Waals surface area contributed by atoms with E-state index >= 15 is 0 Å². The second-order valence-corrected chi connectivity index (χ2v) is 6.67. The predicted octanol–water partition coefficient (Wildman–Crippen LogP) is 4.03. The Bertz CT molecular complexity index is 913. The van der Waals surface area contributed by atoms with E-state index < -0.39 is 0 Å². The molecule has 0 atom stereocenters. The van der Waals surface area contributed by atoms with Gasteiger partial charge in [-0.3, -0.25) is 0 Å². The molecule has 1 N–H and O–H groups in total. The van der Waals surface area contributed by atoms with Gasteiger partial charge in [-0.05, 0) is 18.4 Å². The molecule has 0 amide bonds. The van der Waals surface area contributed by atoms with Crippen LogP contribution in [-0.2, 0) is 0 Å². The molecule has 3 rings (SSSR count). The molecule has 0 spiro atoms. The molecule has 128 valence electrons. The van der Waals surface area contributed by atoms with Gasteiger partial charge >= 0.3 is 0 Å². The van der Waals surface area contributed by atoms with Gasteiger partial charge in [0.1, 0.15) is 0 Å². The Morgan fingerprint density at radius 2 is 2.00 bits per heavy atom. The molecule has 0 aliphatic rings. The first-order valence-corrected chi connectivity index (χ1v) is 9.31. The summed E-state index contributed by atoms with van der Waals surface area (Å²) < 4.78 is 7.59. The Morgan fingerprint density at radius 1 is 1.24 bits per heavy atom. The Morgan fingerprint density at radius 3 is 2.68 bits per heavy atom. The topological polar surface area (TPSA) is 72.5 Å². The fourth-order valence-electron chi connectivity index (χ4n) is 2.23. The van der Waals surface area contributed by atoms with Crippen molar-refractivity contribution < 1.29 is 9.84 Å². The summed E-state index contributed by atoms with van der Waals surface area (Å²) in [4.78, 5) is 0. The van der Waals surface area contributed by atoms with Crippen LogP contribution in [0.4, 0.5) is 0 Å². The molecule has 0 fully saturated rings. The lowest BCUT2D eigenvalue weighted by Gasteiger charge is -2.07. The molecule has 1 aromatic heterocycles. The third kappa shape index (κ3) is 3.69. The summed E-state index contributed by atoms with van der Waals surface area (Å²) in [5.41, 5.74) is 1.43. The van der Waals surface area contributed by atoms with Crippen molar-refractivity contribution >= 4 is 33.9 Å². The number of hydrogen-bond acceptors (Lipinski definition) is 6. The minimum atomic E-state index is 0.0227. The van der Waals surface area contributed by atoms with Crippen LogP contribution in [0.5, 0.6) is 11.5 Å². The lowest BCUT2D eigenvalue weighted by atomic mass is 10.2. The summed E-state index contributed by atoms with van der Waals surface area (Å²) in [5.74, 6) is 1.02. The number of hydrogen-bond donors (Lipinski definition) is 1. The number of phenols is 1. The lowest BCUT2D eigenvalue weighted by molar-refractivity contribution is 0.373. The largest absolute Gasteiger partial charge is 0.504 e. The number of nitrogens with zero attached hydrogens (tertiary/aromatic N) is 4. The molecule has 6 nitrogen and oxygen atoms in total. The highest BCUT2D eigenvalue weighted by Gasteiger charge is 2.13. The van der Waals surface area contributed by atoms with Crippen molar-refractivity contribution in [3.8, 4) is 22.9 Å². The summed E-state index contributed by atoms with van der Waals surface area (Å²) in [6, 6.07) is 13.1. The minimum absolute atomic E-state index is 0.0227. The van der Waals surface area contributed by atoms with Crippen molar-refractivity contribution in [1.82, 2.24) is 14.9 Å². The van der Waals surface area contributed by atoms with Crippen LogP contribution >= 0.6 is 27.7 Å². The van der Waals surface area contributed by atoms with Crippen molar-refractivity contribution in [2.75, 3.05) is 13.4 Å². The highest BCUT2D eigenvalue weighted by Crippen LogP contribution is 2.32. The zero-order chi connectivity index (χ0) is 17.8. The number of phenolic OH excluding ortho intramolecular Hbond substituents is 1. The van der Waals surface area contributed by atoms with Crippen LogP contribution in [0.3, 0.4) is 0 Å². The summed E-state index contributed by atoms with van der Waals surface area (Å²) >= 11 is 4.84. The molecule has 0 aliphatic carbocycles. The SMILES string of the molecule is COc1cc(Br)cc(/C=N/n2c(SC)nnc2-c2ccccc2)c1O. The number of benzene rings is 2. The fraction of sp³-hybridized carbons (Fsp3) is 0.118. The van der Waals surface area contributed by atoms with Crippen LogP contribution in [0, 0.1) is 0 Å². The molecule has 0 aliphatic heterocycles. The van der Waals surface area contributed by atoms with E-state index in [9.17, 15) is 5.11 Å². The van der Waals surface area contributed by atoms with Crippen molar-refractivity contribution in [1.29, 1.82) is 0 Å². The molecule has 0 saturated carbocycles. The van der Waals surface area contributed by atoms with E-state index in [-0.39, 0.29) is 5.75 Å². The van der Waals surface area contributed by atoms with Gasteiger partial charge in [-0.15, -0.1) is 10.2 Å². The van der Waals surface area contributed by atoms with Gasteiger partial charge in [-0.2, -0.15) is 9.78 Å². The third-order valence-electron chi connectivity index (χ3n) is 3.43. The summed E-state index contributed by atoms with van der Waals surface area (Å²) in [7, 11) is 1.50. The molecule has 2 aromatic carbocycles. The highest BCUT2D eigenvalue weighted by atomic mass is 79.9. The third-order valence-corrected chi connectivity index (χ3v) is 4.51. The van der Waals surface area contributed by atoms with Crippen molar-refractivity contribution in [2.24, 2.45) is 5.10 Å². The predicted molar refractivity (Wildman–Crippen MR) is 103 cm³/mol. The van der Waals surface area contributed by atoms with E-state index in [1.165, 1.54) is 18.9 Å². The smallest absolute Gasteiger partial charge is 0.212 e. The maximum atomic E-state index is 10.3. The van der Waals surface area contributed by atoms with Crippen LogP contribution in [-0.4, -0.2) is 39.6 Å². The van der Waals surface area contributed by atoms with Crippen LogP contribution in [0.15, 0.2) is 57.2 Å². The quantitative estimate of drug-likeness (QED) is 0.500. The number of methoxy groups -OCH3 is 1. The summed E-state index contributed by atoms with van der Waals surface area (Å²) in [6.07, 6.45) is 3.46. The van der Waals surface area contributed by atoms with Crippen molar-refractivity contribution in [2.45, 2.75) is 5.16 Å². The van der Waals surface area contributed by atoms with E-state index in [0.29, 0.717) is 22.3 Å². The van der Waals surface area contributed by atoms with Gasteiger partial charge in [0.15, 0.2) is 17.3 Å². The number of ether oxygens (including phenoxy) is 1. The van der Waals surface area contributed by atoms with Gasteiger partial charge in [0.25, 0.3) is 0 Å². The number of aromatic hydroxyl groups is 1. The number of thioether (sulfide) groups is 1. The highest BCUT2D eigenvalue weighted by molar-refractivity contribution is 9.10. The maximum absolute atomic E-state index is 10.3. The average Bonchev–Trinajstić information content (AvgIpc) is 3.05. The maximum Gasteiger partial charge on any atom is 0.212 e. The Kier molecular flexibility index (Phi) is 5.40. The van der Waals surface area contributed by atoms with Crippen molar-refractivity contribution in [3.63, 3.8) is 0 Å². The van der Waals surface area contributed by atoms with Gasteiger partial charge in [-0.1, -0.05) is 58.0 Å².